The standard InChI is InChI=1S/C22H22N4O3/c1-25-12-13-26(22-21(25)23-17-6-4-5-7-18(17)24-22)20(27)11-8-15-14-16(28-2)9-10-19(15)29-3/h4-11,14H,12-13H2,1-3H3/b11-8+. The van der Waals surface area contributed by atoms with Crippen molar-refractivity contribution < 1.29 is 14.3 Å². The molecule has 0 fully saturated rings. The average molecular weight is 390 g/mol. The first-order valence-electron chi connectivity index (χ1n) is 9.30. The van der Waals surface area contributed by atoms with Crippen LogP contribution in [0.4, 0.5) is 11.6 Å². The predicted octanol–water partition coefficient (Wildman–Crippen LogP) is 3.14. The van der Waals surface area contributed by atoms with E-state index in [-0.39, 0.29) is 5.91 Å². The largest absolute Gasteiger partial charge is 0.497 e. The van der Waals surface area contributed by atoms with Gasteiger partial charge in [-0.05, 0) is 36.4 Å². The third kappa shape index (κ3) is 3.59. The molecule has 4 rings (SSSR count). The summed E-state index contributed by atoms with van der Waals surface area (Å²) in [6.45, 7) is 1.22. The predicted molar refractivity (Wildman–Crippen MR) is 114 cm³/mol. The molecule has 7 heteroatoms. The number of para-hydroxylation sites is 2. The van der Waals surface area contributed by atoms with Crippen LogP contribution in [-0.4, -0.2) is 50.2 Å². The quantitative estimate of drug-likeness (QED) is 0.638. The van der Waals surface area contributed by atoms with Crippen LogP contribution in [0.25, 0.3) is 17.1 Å². The maximum Gasteiger partial charge on any atom is 0.252 e. The van der Waals surface area contributed by atoms with Gasteiger partial charge in [0, 0.05) is 31.8 Å². The van der Waals surface area contributed by atoms with Crippen LogP contribution in [0.3, 0.4) is 0 Å². The molecule has 0 aliphatic carbocycles. The maximum atomic E-state index is 13.0. The molecule has 1 aliphatic rings. The van der Waals surface area contributed by atoms with Crippen molar-refractivity contribution in [2.24, 2.45) is 0 Å². The number of fused-ring (bicyclic) bond motifs is 2. The molecule has 1 amide bonds. The lowest BCUT2D eigenvalue weighted by molar-refractivity contribution is -0.114. The number of ether oxygens (including phenoxy) is 2. The van der Waals surface area contributed by atoms with E-state index in [4.69, 9.17) is 19.4 Å². The molecule has 0 saturated heterocycles. The molecule has 1 aliphatic heterocycles. The Kier molecular flexibility index (Phi) is 5.03. The van der Waals surface area contributed by atoms with Gasteiger partial charge in [-0.15, -0.1) is 0 Å². The Bertz CT molecular complexity index is 1100. The Hall–Kier alpha value is -3.61. The smallest absolute Gasteiger partial charge is 0.252 e. The zero-order chi connectivity index (χ0) is 20.4. The molecule has 0 unspecified atom stereocenters. The number of amides is 1. The van der Waals surface area contributed by atoms with Gasteiger partial charge in [0.1, 0.15) is 11.5 Å². The highest BCUT2D eigenvalue weighted by Gasteiger charge is 2.27. The lowest BCUT2D eigenvalue weighted by Crippen LogP contribution is -2.43. The van der Waals surface area contributed by atoms with E-state index in [2.05, 4.69) is 0 Å². The van der Waals surface area contributed by atoms with Crippen molar-refractivity contribution in [2.75, 3.05) is 44.2 Å². The van der Waals surface area contributed by atoms with Crippen molar-refractivity contribution in [1.82, 2.24) is 9.97 Å². The zero-order valence-corrected chi connectivity index (χ0v) is 16.6. The summed E-state index contributed by atoms with van der Waals surface area (Å²) in [6.07, 6.45) is 3.26. The number of carbonyl (C=O) groups is 1. The van der Waals surface area contributed by atoms with Crippen molar-refractivity contribution in [3.05, 3.63) is 54.1 Å². The second kappa shape index (κ2) is 7.79. The van der Waals surface area contributed by atoms with Crippen LogP contribution in [-0.2, 0) is 4.79 Å². The van der Waals surface area contributed by atoms with Crippen LogP contribution >= 0.6 is 0 Å². The molecular weight excluding hydrogens is 368 g/mol. The Morgan fingerprint density at radius 2 is 1.72 bits per heavy atom. The first kappa shape index (κ1) is 18.7. The van der Waals surface area contributed by atoms with Crippen molar-refractivity contribution in [3.63, 3.8) is 0 Å². The summed E-state index contributed by atoms with van der Waals surface area (Å²) in [5.41, 5.74) is 2.33. The summed E-state index contributed by atoms with van der Waals surface area (Å²) in [7, 11) is 5.16. The number of likely N-dealkylation sites (N-methyl/N-ethyl adjacent to an activating group) is 1. The molecule has 148 valence electrons. The lowest BCUT2D eigenvalue weighted by atomic mass is 10.1. The minimum Gasteiger partial charge on any atom is -0.497 e. The van der Waals surface area contributed by atoms with E-state index in [1.54, 1.807) is 25.2 Å². The Labute approximate surface area is 169 Å². The van der Waals surface area contributed by atoms with Crippen molar-refractivity contribution >= 4 is 34.7 Å². The van der Waals surface area contributed by atoms with E-state index < -0.39 is 0 Å². The van der Waals surface area contributed by atoms with Crippen LogP contribution < -0.4 is 19.3 Å². The first-order chi connectivity index (χ1) is 14.1. The van der Waals surface area contributed by atoms with Crippen LogP contribution in [0.2, 0.25) is 0 Å². The van der Waals surface area contributed by atoms with Gasteiger partial charge in [-0.1, -0.05) is 12.1 Å². The molecule has 0 radical (unpaired) electrons. The molecule has 3 aromatic rings. The zero-order valence-electron chi connectivity index (χ0n) is 16.6. The Morgan fingerprint density at radius 1 is 1.00 bits per heavy atom. The van der Waals surface area contributed by atoms with Gasteiger partial charge in [0.2, 0.25) is 0 Å². The summed E-state index contributed by atoms with van der Waals surface area (Å²) in [4.78, 5) is 26.1. The third-order valence-corrected chi connectivity index (χ3v) is 4.92. The number of rotatable bonds is 4. The Balaban J connectivity index is 1.68. The van der Waals surface area contributed by atoms with E-state index in [9.17, 15) is 4.79 Å². The fraction of sp³-hybridized carbons (Fsp3) is 0.227. The summed E-state index contributed by atoms with van der Waals surface area (Å²) < 4.78 is 10.6. The molecule has 2 heterocycles. The molecule has 2 aromatic carbocycles. The fourth-order valence-electron chi connectivity index (χ4n) is 3.32. The minimum absolute atomic E-state index is 0.159. The SMILES string of the molecule is COc1ccc(OC)c(/C=C/C(=O)N2CCN(C)c3nc4ccccc4nc32)c1. The van der Waals surface area contributed by atoms with Crippen molar-refractivity contribution in [2.45, 2.75) is 0 Å². The fourth-order valence-corrected chi connectivity index (χ4v) is 3.32. The van der Waals surface area contributed by atoms with Gasteiger partial charge >= 0.3 is 0 Å². The van der Waals surface area contributed by atoms with Crippen molar-refractivity contribution in [3.8, 4) is 11.5 Å². The molecular formula is C22H22N4O3. The van der Waals surface area contributed by atoms with Gasteiger partial charge in [0.25, 0.3) is 5.91 Å². The molecule has 1 aromatic heterocycles. The van der Waals surface area contributed by atoms with E-state index in [1.807, 2.05) is 54.4 Å². The molecule has 0 bridgehead atoms. The molecule has 29 heavy (non-hydrogen) atoms. The third-order valence-electron chi connectivity index (χ3n) is 4.92. The van der Waals surface area contributed by atoms with Gasteiger partial charge in [0.15, 0.2) is 11.6 Å². The topological polar surface area (TPSA) is 67.8 Å². The number of benzene rings is 2. The highest BCUT2D eigenvalue weighted by atomic mass is 16.5. The highest BCUT2D eigenvalue weighted by molar-refractivity contribution is 6.06. The van der Waals surface area contributed by atoms with E-state index in [0.717, 1.165) is 16.6 Å². The number of methoxy groups -OCH3 is 2. The van der Waals surface area contributed by atoms with E-state index >= 15 is 0 Å². The van der Waals surface area contributed by atoms with Crippen LogP contribution in [0.5, 0.6) is 11.5 Å². The number of carbonyl (C=O) groups excluding carboxylic acids is 1. The number of hydrogen-bond acceptors (Lipinski definition) is 6. The highest BCUT2D eigenvalue weighted by Crippen LogP contribution is 2.31. The maximum absolute atomic E-state index is 13.0. The molecule has 7 nitrogen and oxygen atoms in total. The first-order valence-corrected chi connectivity index (χ1v) is 9.30. The van der Waals surface area contributed by atoms with Gasteiger partial charge in [-0.3, -0.25) is 9.69 Å². The minimum atomic E-state index is -0.159. The number of aromatic nitrogens is 2. The summed E-state index contributed by atoms with van der Waals surface area (Å²) >= 11 is 0. The van der Waals surface area contributed by atoms with Crippen LogP contribution in [0.15, 0.2) is 48.5 Å². The normalized spacial score (nSPS) is 13.6. The van der Waals surface area contributed by atoms with Gasteiger partial charge in [-0.25, -0.2) is 9.97 Å². The molecule has 0 saturated carbocycles. The van der Waals surface area contributed by atoms with Crippen LogP contribution in [0, 0.1) is 0 Å². The van der Waals surface area contributed by atoms with Gasteiger partial charge in [-0.2, -0.15) is 0 Å². The molecule has 0 spiro atoms. The monoisotopic (exact) mass is 390 g/mol. The average Bonchev–Trinajstić information content (AvgIpc) is 2.76. The summed E-state index contributed by atoms with van der Waals surface area (Å²) in [5.74, 6) is 2.48. The number of anilines is 2. The summed E-state index contributed by atoms with van der Waals surface area (Å²) in [5, 5.41) is 0. The Morgan fingerprint density at radius 3 is 2.41 bits per heavy atom. The van der Waals surface area contributed by atoms with Gasteiger partial charge < -0.3 is 14.4 Å². The van der Waals surface area contributed by atoms with Crippen LogP contribution in [0.1, 0.15) is 5.56 Å². The second-order valence-corrected chi connectivity index (χ2v) is 6.71. The number of hydrogen-bond donors (Lipinski definition) is 0. The molecule has 0 atom stereocenters. The lowest BCUT2D eigenvalue weighted by Gasteiger charge is -2.33. The second-order valence-electron chi connectivity index (χ2n) is 6.71. The van der Waals surface area contributed by atoms with E-state index in [1.165, 1.54) is 6.08 Å². The van der Waals surface area contributed by atoms with E-state index in [0.29, 0.717) is 36.2 Å². The summed E-state index contributed by atoms with van der Waals surface area (Å²) in [6, 6.07) is 13.1. The van der Waals surface area contributed by atoms with Crippen molar-refractivity contribution in [1.29, 1.82) is 0 Å². The number of nitrogens with zero attached hydrogens (tertiary/aromatic N) is 4. The van der Waals surface area contributed by atoms with Gasteiger partial charge in [0.05, 0.1) is 25.3 Å². The molecule has 0 N–H and O–H groups in total.